The van der Waals surface area contributed by atoms with Crippen LogP contribution in [0.25, 0.3) is 0 Å². The largest absolute Gasteiger partial charge is 0.388 e. The number of hydrogen-bond donors (Lipinski definition) is 1. The lowest BCUT2D eigenvalue weighted by Crippen LogP contribution is -2.00. The number of rotatable bonds is 2. The number of Topliss-reactive ketones (excluding diaryl/α,β-unsaturated/α-hetero) is 1. The van der Waals surface area contributed by atoms with Gasteiger partial charge in [0.15, 0.2) is 5.78 Å². The van der Waals surface area contributed by atoms with Gasteiger partial charge in [0.2, 0.25) is 0 Å². The van der Waals surface area contributed by atoms with Crippen molar-refractivity contribution in [2.45, 2.75) is 6.92 Å². The Bertz CT molecular complexity index is 305. The van der Waals surface area contributed by atoms with Gasteiger partial charge >= 0.3 is 0 Å². The van der Waals surface area contributed by atoms with E-state index in [1.165, 1.54) is 0 Å². The van der Waals surface area contributed by atoms with Crippen molar-refractivity contribution in [2.75, 3.05) is 12.4 Å². The number of anilines is 1. The van der Waals surface area contributed by atoms with Gasteiger partial charge in [0.05, 0.1) is 0 Å². The van der Waals surface area contributed by atoms with Crippen LogP contribution in [0.3, 0.4) is 0 Å². The molecule has 12 heavy (non-hydrogen) atoms. The Balaban J connectivity index is 3.21. The Kier molecular flexibility index (Phi) is 2.48. The number of ketones is 1. The molecule has 0 aliphatic rings. The average Bonchev–Trinajstić information content (AvgIpc) is 2.04. The minimum Gasteiger partial charge on any atom is -0.388 e. The maximum Gasteiger partial charge on any atom is 0.161 e. The summed E-state index contributed by atoms with van der Waals surface area (Å²) in [6.07, 6.45) is 0. The molecule has 0 unspecified atom stereocenters. The highest BCUT2D eigenvalue weighted by Crippen LogP contribution is 2.16. The summed E-state index contributed by atoms with van der Waals surface area (Å²) < 4.78 is 0. The van der Waals surface area contributed by atoms with Crippen LogP contribution in [0.15, 0.2) is 18.2 Å². The van der Waals surface area contributed by atoms with Gasteiger partial charge < -0.3 is 5.32 Å². The zero-order chi connectivity index (χ0) is 9.14. The molecule has 1 N–H and O–H groups in total. The van der Waals surface area contributed by atoms with Gasteiger partial charge in [-0.3, -0.25) is 4.79 Å². The number of benzene rings is 1. The Morgan fingerprint density at radius 2 is 2.17 bits per heavy atom. The van der Waals surface area contributed by atoms with E-state index in [0.29, 0.717) is 5.56 Å². The van der Waals surface area contributed by atoms with Gasteiger partial charge in [0.1, 0.15) is 0 Å². The van der Waals surface area contributed by atoms with E-state index in [0.717, 1.165) is 11.3 Å². The Hall–Kier alpha value is -1.31. The molecule has 0 spiro atoms. The maximum absolute atomic E-state index is 11.1. The molecule has 0 aliphatic heterocycles. The summed E-state index contributed by atoms with van der Waals surface area (Å²) in [5.41, 5.74) is 2.42. The van der Waals surface area contributed by atoms with Crippen LogP contribution in [-0.2, 0) is 0 Å². The van der Waals surface area contributed by atoms with Crippen molar-refractivity contribution >= 4 is 11.5 Å². The molecule has 63 valence electrons. The molecule has 0 heterocycles. The first-order chi connectivity index (χ1) is 5.65. The third-order valence-corrected chi connectivity index (χ3v) is 1.73. The van der Waals surface area contributed by atoms with Crippen LogP contribution in [0, 0.1) is 6.92 Å². The van der Waals surface area contributed by atoms with Crippen LogP contribution < -0.4 is 5.32 Å². The second-order valence-electron chi connectivity index (χ2n) is 2.69. The van der Waals surface area contributed by atoms with E-state index in [2.05, 4.69) is 12.2 Å². The molecule has 2 nitrogen and oxygen atoms in total. The second-order valence-corrected chi connectivity index (χ2v) is 2.69. The lowest BCUT2D eigenvalue weighted by Gasteiger charge is -2.06. The summed E-state index contributed by atoms with van der Waals surface area (Å²) in [7, 11) is 1.80. The highest BCUT2D eigenvalue weighted by molar-refractivity contribution is 5.99. The molecule has 0 aromatic heterocycles. The highest BCUT2D eigenvalue weighted by atomic mass is 16.1. The van der Waals surface area contributed by atoms with E-state index in [1.54, 1.807) is 20.0 Å². The molecule has 1 radical (unpaired) electrons. The van der Waals surface area contributed by atoms with Crippen molar-refractivity contribution in [3.05, 3.63) is 36.2 Å². The maximum atomic E-state index is 11.1. The first-order valence-electron chi connectivity index (χ1n) is 3.80. The highest BCUT2D eigenvalue weighted by Gasteiger charge is 2.04. The first-order valence-corrected chi connectivity index (χ1v) is 3.80. The standard InChI is InChI=1S/C10H12NO/c1-7-4-5-10(11-3)9(6-7)8(2)12/h4-6,11H,1H2,2-3H3. The molecule has 2 heteroatoms. The Morgan fingerprint density at radius 3 is 2.67 bits per heavy atom. The monoisotopic (exact) mass is 162 g/mol. The Morgan fingerprint density at radius 1 is 1.50 bits per heavy atom. The summed E-state index contributed by atoms with van der Waals surface area (Å²) in [6.45, 7) is 5.31. The van der Waals surface area contributed by atoms with Crippen LogP contribution in [0.1, 0.15) is 22.8 Å². The van der Waals surface area contributed by atoms with Crippen molar-refractivity contribution < 1.29 is 4.79 Å². The summed E-state index contributed by atoms with van der Waals surface area (Å²) in [4.78, 5) is 11.1. The summed E-state index contributed by atoms with van der Waals surface area (Å²) in [6, 6.07) is 5.52. The van der Waals surface area contributed by atoms with E-state index in [9.17, 15) is 4.79 Å². The van der Waals surface area contributed by atoms with E-state index in [4.69, 9.17) is 0 Å². The van der Waals surface area contributed by atoms with E-state index in [-0.39, 0.29) is 5.78 Å². The SMILES string of the molecule is [CH2]c1ccc(NC)c(C(C)=O)c1. The van der Waals surface area contributed by atoms with Gasteiger partial charge in [-0.15, -0.1) is 0 Å². The fourth-order valence-corrected chi connectivity index (χ4v) is 1.10. The third kappa shape index (κ3) is 1.64. The van der Waals surface area contributed by atoms with Crippen molar-refractivity contribution in [1.82, 2.24) is 0 Å². The molecule has 1 rings (SSSR count). The quantitative estimate of drug-likeness (QED) is 0.675. The van der Waals surface area contributed by atoms with Gasteiger partial charge in [-0.2, -0.15) is 0 Å². The normalized spacial score (nSPS) is 9.58. The van der Waals surface area contributed by atoms with Crippen LogP contribution in [0.4, 0.5) is 5.69 Å². The van der Waals surface area contributed by atoms with E-state index in [1.807, 2.05) is 12.1 Å². The fraction of sp³-hybridized carbons (Fsp3) is 0.200. The Labute approximate surface area is 72.6 Å². The van der Waals surface area contributed by atoms with Crippen molar-refractivity contribution in [1.29, 1.82) is 0 Å². The van der Waals surface area contributed by atoms with Gasteiger partial charge in [-0.1, -0.05) is 6.07 Å². The summed E-state index contributed by atoms with van der Waals surface area (Å²) in [5, 5.41) is 2.96. The molecule has 1 aromatic rings. The van der Waals surface area contributed by atoms with Crippen LogP contribution in [0.2, 0.25) is 0 Å². The molecule has 0 bridgehead atoms. The lowest BCUT2D eigenvalue weighted by atomic mass is 10.1. The summed E-state index contributed by atoms with van der Waals surface area (Å²) in [5.74, 6) is 0.0600. The smallest absolute Gasteiger partial charge is 0.161 e. The predicted octanol–water partition coefficient (Wildman–Crippen LogP) is 2.11. The van der Waals surface area contributed by atoms with Gasteiger partial charge in [0.25, 0.3) is 0 Å². The van der Waals surface area contributed by atoms with Crippen molar-refractivity contribution in [3.63, 3.8) is 0 Å². The number of nitrogens with one attached hydrogen (secondary N) is 1. The molecule has 0 saturated heterocycles. The molecule has 0 fully saturated rings. The second kappa shape index (κ2) is 3.39. The predicted molar refractivity (Wildman–Crippen MR) is 50.5 cm³/mol. The van der Waals surface area contributed by atoms with Gasteiger partial charge in [-0.25, -0.2) is 0 Å². The molecular formula is C10H12NO. The zero-order valence-corrected chi connectivity index (χ0v) is 7.35. The van der Waals surface area contributed by atoms with Gasteiger partial charge in [-0.05, 0) is 31.5 Å². The number of carbonyl (C=O) groups is 1. The molecule has 0 aliphatic carbocycles. The third-order valence-electron chi connectivity index (χ3n) is 1.73. The topological polar surface area (TPSA) is 29.1 Å². The minimum atomic E-state index is 0.0600. The lowest BCUT2D eigenvalue weighted by molar-refractivity contribution is 0.101. The van der Waals surface area contributed by atoms with Gasteiger partial charge in [0, 0.05) is 18.3 Å². The van der Waals surface area contributed by atoms with Crippen LogP contribution in [0.5, 0.6) is 0 Å². The zero-order valence-electron chi connectivity index (χ0n) is 7.35. The van der Waals surface area contributed by atoms with Crippen molar-refractivity contribution in [3.8, 4) is 0 Å². The molecule has 1 aromatic carbocycles. The summed E-state index contributed by atoms with van der Waals surface area (Å²) >= 11 is 0. The van der Waals surface area contributed by atoms with Crippen molar-refractivity contribution in [2.24, 2.45) is 0 Å². The van der Waals surface area contributed by atoms with Crippen LogP contribution >= 0.6 is 0 Å². The van der Waals surface area contributed by atoms with E-state index >= 15 is 0 Å². The molecular weight excluding hydrogens is 150 g/mol. The number of carbonyl (C=O) groups excluding carboxylic acids is 1. The minimum absolute atomic E-state index is 0.0600. The molecule has 0 saturated carbocycles. The average molecular weight is 162 g/mol. The first kappa shape index (κ1) is 8.78. The molecule has 0 atom stereocenters. The van der Waals surface area contributed by atoms with Crippen LogP contribution in [-0.4, -0.2) is 12.8 Å². The number of hydrogen-bond acceptors (Lipinski definition) is 2. The van der Waals surface area contributed by atoms with E-state index < -0.39 is 0 Å². The molecule has 0 amide bonds. The fourth-order valence-electron chi connectivity index (χ4n) is 1.10.